The Hall–Kier alpha value is -2.09. The highest BCUT2D eigenvalue weighted by Crippen LogP contribution is 2.19. The van der Waals surface area contributed by atoms with Crippen molar-refractivity contribution in [1.82, 2.24) is 14.4 Å². The molecule has 0 spiro atoms. The largest absolute Gasteiger partial charge is 0.358 e. The highest BCUT2D eigenvalue weighted by molar-refractivity contribution is 5.58. The molecule has 88 valence electrons. The van der Waals surface area contributed by atoms with Crippen molar-refractivity contribution in [2.24, 2.45) is 0 Å². The first-order valence-corrected chi connectivity index (χ1v) is 5.71. The van der Waals surface area contributed by atoms with Gasteiger partial charge in [-0.15, -0.1) is 0 Å². The zero-order valence-electron chi connectivity index (χ0n) is 10.3. The first kappa shape index (κ1) is 11.4. The van der Waals surface area contributed by atoms with Crippen LogP contribution in [-0.4, -0.2) is 27.5 Å². The summed E-state index contributed by atoms with van der Waals surface area (Å²) in [5, 5.41) is 8.98. The van der Waals surface area contributed by atoms with E-state index in [0.717, 1.165) is 24.6 Å². The lowest BCUT2D eigenvalue weighted by atomic mass is 10.3. The fourth-order valence-electron chi connectivity index (χ4n) is 1.94. The topological polar surface area (TPSA) is 57.2 Å². The first-order valence-electron chi connectivity index (χ1n) is 5.71. The summed E-state index contributed by atoms with van der Waals surface area (Å²) in [6.45, 7) is 7.96. The van der Waals surface area contributed by atoms with Crippen LogP contribution in [0, 0.1) is 18.3 Å². The van der Waals surface area contributed by atoms with E-state index in [1.165, 1.54) is 0 Å². The second-order valence-corrected chi connectivity index (χ2v) is 3.83. The molecule has 0 radical (unpaired) electrons. The molecule has 0 atom stereocenters. The Morgan fingerprint density at radius 3 is 2.71 bits per heavy atom. The number of anilines is 1. The summed E-state index contributed by atoms with van der Waals surface area (Å²) in [7, 11) is 0. The molecule has 0 saturated heterocycles. The minimum absolute atomic E-state index is 0.377. The van der Waals surface area contributed by atoms with Crippen LogP contribution in [0.4, 0.5) is 5.82 Å². The van der Waals surface area contributed by atoms with Gasteiger partial charge in [0, 0.05) is 24.8 Å². The molecule has 0 unspecified atom stereocenters. The van der Waals surface area contributed by atoms with Gasteiger partial charge in [0.1, 0.15) is 18.2 Å². The van der Waals surface area contributed by atoms with Crippen LogP contribution in [0.5, 0.6) is 0 Å². The van der Waals surface area contributed by atoms with Crippen LogP contribution in [-0.2, 0) is 0 Å². The second-order valence-electron chi connectivity index (χ2n) is 3.83. The number of aryl methyl sites for hydroxylation is 1. The second kappa shape index (κ2) is 4.42. The van der Waals surface area contributed by atoms with E-state index in [0.29, 0.717) is 11.3 Å². The van der Waals surface area contributed by atoms with Gasteiger partial charge in [-0.1, -0.05) is 0 Å². The summed E-state index contributed by atoms with van der Waals surface area (Å²) in [4.78, 5) is 10.7. The van der Waals surface area contributed by atoms with Gasteiger partial charge < -0.3 is 4.90 Å². The molecule has 0 aliphatic carbocycles. The van der Waals surface area contributed by atoms with Gasteiger partial charge >= 0.3 is 0 Å². The Morgan fingerprint density at radius 2 is 2.12 bits per heavy atom. The molecule has 2 heterocycles. The molecule has 0 saturated carbocycles. The predicted molar refractivity (Wildman–Crippen MR) is 66.0 cm³/mol. The molecule has 17 heavy (non-hydrogen) atoms. The van der Waals surface area contributed by atoms with Crippen LogP contribution in [0.15, 0.2) is 12.4 Å². The number of nitriles is 1. The minimum Gasteiger partial charge on any atom is -0.358 e. The number of hydrogen-bond acceptors (Lipinski definition) is 4. The minimum atomic E-state index is 0.377. The molecule has 0 aliphatic heterocycles. The molecule has 0 bridgehead atoms. The average Bonchev–Trinajstić information content (AvgIpc) is 2.73. The highest BCUT2D eigenvalue weighted by atomic mass is 15.2. The molecule has 0 amide bonds. The maximum Gasteiger partial charge on any atom is 0.185 e. The van der Waals surface area contributed by atoms with Crippen molar-refractivity contribution in [2.75, 3.05) is 18.0 Å². The van der Waals surface area contributed by atoms with Crippen molar-refractivity contribution in [2.45, 2.75) is 20.8 Å². The van der Waals surface area contributed by atoms with E-state index in [9.17, 15) is 0 Å². The summed E-state index contributed by atoms with van der Waals surface area (Å²) < 4.78 is 1.87. The monoisotopic (exact) mass is 229 g/mol. The normalized spacial score (nSPS) is 10.5. The van der Waals surface area contributed by atoms with Crippen LogP contribution in [0.1, 0.15) is 25.2 Å². The SMILES string of the molecule is CCN(CC)c1cc(C)nc2c(C#N)ncn12. The van der Waals surface area contributed by atoms with Gasteiger partial charge in [0.05, 0.1) is 0 Å². The third-order valence-electron chi connectivity index (χ3n) is 2.80. The maximum absolute atomic E-state index is 8.98. The van der Waals surface area contributed by atoms with Crippen molar-refractivity contribution >= 4 is 11.5 Å². The molecule has 5 heteroatoms. The first-order chi connectivity index (χ1) is 8.21. The summed E-state index contributed by atoms with van der Waals surface area (Å²) in [5.74, 6) is 1.03. The van der Waals surface area contributed by atoms with Crippen molar-refractivity contribution in [3.05, 3.63) is 23.8 Å². The van der Waals surface area contributed by atoms with Gasteiger partial charge in [-0.25, -0.2) is 9.97 Å². The lowest BCUT2D eigenvalue weighted by Gasteiger charge is -2.22. The van der Waals surface area contributed by atoms with E-state index in [2.05, 4.69) is 34.8 Å². The molecule has 0 aromatic carbocycles. The van der Waals surface area contributed by atoms with Crippen LogP contribution in [0.25, 0.3) is 5.65 Å². The highest BCUT2D eigenvalue weighted by Gasteiger charge is 2.12. The fraction of sp³-hybridized carbons (Fsp3) is 0.417. The molecule has 5 nitrogen and oxygen atoms in total. The summed E-state index contributed by atoms with van der Waals surface area (Å²) in [6.07, 6.45) is 1.66. The Balaban J connectivity index is 2.71. The van der Waals surface area contributed by atoms with E-state index < -0.39 is 0 Å². The van der Waals surface area contributed by atoms with Gasteiger partial charge in [-0.05, 0) is 20.8 Å². The summed E-state index contributed by atoms with van der Waals surface area (Å²) >= 11 is 0. The molecule has 0 aliphatic rings. The Labute approximate surface area is 100 Å². The number of rotatable bonds is 3. The van der Waals surface area contributed by atoms with Crippen LogP contribution in [0.2, 0.25) is 0 Å². The lowest BCUT2D eigenvalue weighted by molar-refractivity contribution is 0.827. The van der Waals surface area contributed by atoms with Crippen molar-refractivity contribution < 1.29 is 0 Å². The zero-order chi connectivity index (χ0) is 12.4. The van der Waals surface area contributed by atoms with Crippen LogP contribution in [0.3, 0.4) is 0 Å². The molecule has 2 aromatic rings. The number of fused-ring (bicyclic) bond motifs is 1. The Kier molecular flexibility index (Phi) is 2.96. The molecular weight excluding hydrogens is 214 g/mol. The molecular formula is C12H15N5. The van der Waals surface area contributed by atoms with Gasteiger partial charge in [0.15, 0.2) is 11.3 Å². The quantitative estimate of drug-likeness (QED) is 0.804. The lowest BCUT2D eigenvalue weighted by Crippen LogP contribution is -2.24. The third kappa shape index (κ3) is 1.82. The number of nitrogens with zero attached hydrogens (tertiary/aromatic N) is 5. The van der Waals surface area contributed by atoms with E-state index in [1.54, 1.807) is 6.33 Å². The van der Waals surface area contributed by atoms with E-state index in [-0.39, 0.29) is 0 Å². The van der Waals surface area contributed by atoms with Crippen molar-refractivity contribution in [1.29, 1.82) is 5.26 Å². The summed E-state index contributed by atoms with van der Waals surface area (Å²) in [6, 6.07) is 4.08. The average molecular weight is 229 g/mol. The predicted octanol–water partition coefficient (Wildman–Crippen LogP) is 1.76. The number of hydrogen-bond donors (Lipinski definition) is 0. The molecule has 2 aromatic heterocycles. The zero-order valence-corrected chi connectivity index (χ0v) is 10.3. The van der Waals surface area contributed by atoms with Crippen LogP contribution < -0.4 is 4.90 Å². The standard InChI is InChI=1S/C12H15N5/c1-4-16(5-2)11-6-9(3)15-12-10(7-13)14-8-17(11)12/h6,8H,4-5H2,1-3H3. The van der Waals surface area contributed by atoms with E-state index in [1.807, 2.05) is 17.4 Å². The van der Waals surface area contributed by atoms with Gasteiger partial charge in [0.25, 0.3) is 0 Å². The summed E-state index contributed by atoms with van der Waals surface area (Å²) in [5.41, 5.74) is 1.91. The van der Waals surface area contributed by atoms with Crippen LogP contribution >= 0.6 is 0 Å². The molecule has 0 N–H and O–H groups in total. The molecule has 0 fully saturated rings. The fourth-order valence-corrected chi connectivity index (χ4v) is 1.94. The smallest absolute Gasteiger partial charge is 0.185 e. The number of aromatic nitrogens is 3. The Bertz CT molecular complexity index is 574. The van der Waals surface area contributed by atoms with Crippen molar-refractivity contribution in [3.8, 4) is 6.07 Å². The van der Waals surface area contributed by atoms with E-state index in [4.69, 9.17) is 5.26 Å². The van der Waals surface area contributed by atoms with Gasteiger partial charge in [0.2, 0.25) is 0 Å². The van der Waals surface area contributed by atoms with Gasteiger partial charge in [-0.2, -0.15) is 5.26 Å². The number of imidazole rings is 1. The van der Waals surface area contributed by atoms with E-state index >= 15 is 0 Å². The Morgan fingerprint density at radius 1 is 1.41 bits per heavy atom. The molecule has 2 rings (SSSR count). The maximum atomic E-state index is 8.98. The van der Waals surface area contributed by atoms with Gasteiger partial charge in [-0.3, -0.25) is 4.40 Å². The van der Waals surface area contributed by atoms with Crippen molar-refractivity contribution in [3.63, 3.8) is 0 Å². The third-order valence-corrected chi connectivity index (χ3v) is 2.80.